The zero-order valence-electron chi connectivity index (χ0n) is 11.2. The molecule has 0 saturated carbocycles. The van der Waals surface area contributed by atoms with Crippen LogP contribution in [0.4, 0.5) is 0 Å². The summed E-state index contributed by atoms with van der Waals surface area (Å²) in [5.74, 6) is 0.522. The number of halogens is 1. The number of furan rings is 1. The van der Waals surface area contributed by atoms with Crippen LogP contribution in [-0.4, -0.2) is 17.3 Å². The third kappa shape index (κ3) is 3.60. The normalized spacial score (nSPS) is 12.8. The van der Waals surface area contributed by atoms with Crippen LogP contribution >= 0.6 is 15.9 Å². The molecule has 102 valence electrons. The average molecular weight is 324 g/mol. The lowest BCUT2D eigenvalue weighted by Crippen LogP contribution is -2.30. The Morgan fingerprint density at radius 3 is 2.84 bits per heavy atom. The van der Waals surface area contributed by atoms with Crippen LogP contribution in [0.5, 0.6) is 0 Å². The molecule has 0 radical (unpaired) electrons. The number of hydrogen-bond donors (Lipinski definition) is 1. The number of rotatable bonds is 5. The van der Waals surface area contributed by atoms with Crippen molar-refractivity contribution in [2.75, 3.05) is 6.54 Å². The number of benzene rings is 1. The van der Waals surface area contributed by atoms with E-state index in [1.165, 1.54) is 6.26 Å². The lowest BCUT2D eigenvalue weighted by molar-refractivity contribution is 0.0954. The topological polar surface area (TPSA) is 42.2 Å². The molecule has 1 atom stereocenters. The van der Waals surface area contributed by atoms with Crippen molar-refractivity contribution in [3.8, 4) is 0 Å². The molecule has 1 amide bonds. The third-order valence-electron chi connectivity index (χ3n) is 2.94. The van der Waals surface area contributed by atoms with Gasteiger partial charge in [0.15, 0.2) is 0 Å². The van der Waals surface area contributed by atoms with Crippen LogP contribution < -0.4 is 5.32 Å². The predicted molar refractivity (Wildman–Crippen MR) is 80.7 cm³/mol. The largest absolute Gasteiger partial charge is 0.463 e. The predicted octanol–water partition coefficient (Wildman–Crippen LogP) is 3.97. The molecule has 0 bridgehead atoms. The first-order valence-corrected chi connectivity index (χ1v) is 7.38. The van der Waals surface area contributed by atoms with E-state index in [1.807, 2.05) is 24.3 Å². The molecule has 2 aromatic rings. The quantitative estimate of drug-likeness (QED) is 0.846. The van der Waals surface area contributed by atoms with Gasteiger partial charge in [0.1, 0.15) is 11.8 Å². The highest BCUT2D eigenvalue weighted by molar-refractivity contribution is 9.09. The summed E-state index contributed by atoms with van der Waals surface area (Å²) in [5.41, 5.74) is 1.34. The van der Waals surface area contributed by atoms with Crippen LogP contribution in [0, 0.1) is 5.92 Å². The van der Waals surface area contributed by atoms with Crippen LogP contribution in [0.2, 0.25) is 0 Å². The lowest BCUT2D eigenvalue weighted by Gasteiger charge is -2.12. The molecule has 0 spiro atoms. The van der Waals surface area contributed by atoms with Gasteiger partial charge in [0.25, 0.3) is 5.91 Å². The summed E-state index contributed by atoms with van der Waals surface area (Å²) in [6.45, 7) is 4.95. The van der Waals surface area contributed by atoms with E-state index >= 15 is 0 Å². The minimum Gasteiger partial charge on any atom is -0.463 e. The maximum absolute atomic E-state index is 12.1. The molecule has 1 heterocycles. The second-order valence-electron chi connectivity index (χ2n) is 5.08. The maximum Gasteiger partial charge on any atom is 0.255 e. The number of carbonyl (C=O) groups excluding carboxylic acids is 1. The molecule has 0 aliphatic rings. The van der Waals surface area contributed by atoms with Crippen molar-refractivity contribution >= 4 is 32.8 Å². The van der Waals surface area contributed by atoms with Crippen molar-refractivity contribution in [3.63, 3.8) is 0 Å². The van der Waals surface area contributed by atoms with Crippen LogP contribution in [0.25, 0.3) is 11.0 Å². The molecule has 2 rings (SSSR count). The molecule has 1 N–H and O–H groups in total. The van der Waals surface area contributed by atoms with Gasteiger partial charge < -0.3 is 9.73 Å². The minimum atomic E-state index is -0.0850. The Morgan fingerprint density at radius 1 is 1.37 bits per heavy atom. The first kappa shape index (κ1) is 14.1. The summed E-state index contributed by atoms with van der Waals surface area (Å²) in [4.78, 5) is 12.4. The van der Waals surface area contributed by atoms with Crippen LogP contribution in [0.15, 0.2) is 34.9 Å². The number of para-hydroxylation sites is 1. The van der Waals surface area contributed by atoms with Gasteiger partial charge in [-0.25, -0.2) is 0 Å². The minimum absolute atomic E-state index is 0.0850. The van der Waals surface area contributed by atoms with Crippen molar-refractivity contribution in [1.29, 1.82) is 0 Å². The summed E-state index contributed by atoms with van der Waals surface area (Å²) in [7, 11) is 0. The van der Waals surface area contributed by atoms with E-state index in [0.717, 1.165) is 17.4 Å². The number of fused-ring (bicyclic) bond motifs is 1. The average Bonchev–Trinajstić information content (AvgIpc) is 2.79. The highest BCUT2D eigenvalue weighted by Crippen LogP contribution is 2.20. The van der Waals surface area contributed by atoms with E-state index in [0.29, 0.717) is 22.9 Å². The van der Waals surface area contributed by atoms with Gasteiger partial charge in [-0.3, -0.25) is 4.79 Å². The summed E-state index contributed by atoms with van der Waals surface area (Å²) >= 11 is 3.58. The summed E-state index contributed by atoms with van der Waals surface area (Å²) in [5, 5.41) is 3.79. The molecular formula is C15H18BrNO2. The van der Waals surface area contributed by atoms with Gasteiger partial charge in [-0.15, -0.1) is 0 Å². The van der Waals surface area contributed by atoms with Gasteiger partial charge in [0.05, 0.1) is 5.56 Å². The second kappa shape index (κ2) is 6.24. The molecule has 3 nitrogen and oxygen atoms in total. The highest BCUT2D eigenvalue weighted by atomic mass is 79.9. The van der Waals surface area contributed by atoms with Gasteiger partial charge in [-0.2, -0.15) is 0 Å². The van der Waals surface area contributed by atoms with E-state index in [2.05, 4.69) is 35.1 Å². The Kier molecular flexibility index (Phi) is 4.64. The van der Waals surface area contributed by atoms with E-state index in [1.54, 1.807) is 0 Å². The first-order chi connectivity index (χ1) is 9.08. The van der Waals surface area contributed by atoms with Gasteiger partial charge in [0, 0.05) is 16.8 Å². The zero-order chi connectivity index (χ0) is 13.8. The van der Waals surface area contributed by atoms with Crippen molar-refractivity contribution < 1.29 is 9.21 Å². The van der Waals surface area contributed by atoms with Crippen LogP contribution in [0.1, 0.15) is 30.6 Å². The molecule has 19 heavy (non-hydrogen) atoms. The van der Waals surface area contributed by atoms with E-state index in [-0.39, 0.29) is 5.91 Å². The zero-order valence-corrected chi connectivity index (χ0v) is 12.7. The molecule has 1 unspecified atom stereocenters. The van der Waals surface area contributed by atoms with Gasteiger partial charge >= 0.3 is 0 Å². The fourth-order valence-corrected chi connectivity index (χ4v) is 2.96. The molecule has 4 heteroatoms. The SMILES string of the molecule is CC(C)CC(Br)CNC(=O)c1coc2ccccc12. The lowest BCUT2D eigenvalue weighted by atomic mass is 10.1. The fourth-order valence-electron chi connectivity index (χ4n) is 2.05. The molecule has 1 aromatic carbocycles. The Labute approximate surface area is 121 Å². The summed E-state index contributed by atoms with van der Waals surface area (Å²) < 4.78 is 5.37. The molecule has 0 aliphatic carbocycles. The monoisotopic (exact) mass is 323 g/mol. The molecule has 0 aliphatic heterocycles. The summed E-state index contributed by atoms with van der Waals surface area (Å²) in [6, 6.07) is 7.55. The smallest absolute Gasteiger partial charge is 0.255 e. The maximum atomic E-state index is 12.1. The Hall–Kier alpha value is -1.29. The van der Waals surface area contributed by atoms with Crippen molar-refractivity contribution in [2.45, 2.75) is 25.1 Å². The van der Waals surface area contributed by atoms with Crippen LogP contribution in [0.3, 0.4) is 0 Å². The first-order valence-electron chi connectivity index (χ1n) is 6.46. The number of hydrogen-bond acceptors (Lipinski definition) is 2. The Bertz CT molecular complexity index is 562. The number of amides is 1. The Balaban J connectivity index is 2.00. The third-order valence-corrected chi connectivity index (χ3v) is 3.63. The highest BCUT2D eigenvalue weighted by Gasteiger charge is 2.14. The summed E-state index contributed by atoms with van der Waals surface area (Å²) in [6.07, 6.45) is 2.55. The van der Waals surface area contributed by atoms with E-state index in [4.69, 9.17) is 4.42 Å². The van der Waals surface area contributed by atoms with Gasteiger partial charge in [0.2, 0.25) is 0 Å². The molecule has 0 saturated heterocycles. The van der Waals surface area contributed by atoms with Crippen molar-refractivity contribution in [3.05, 3.63) is 36.1 Å². The number of nitrogens with one attached hydrogen (secondary N) is 1. The second-order valence-corrected chi connectivity index (χ2v) is 6.38. The molecule has 1 aromatic heterocycles. The molecule has 0 fully saturated rings. The van der Waals surface area contributed by atoms with Gasteiger partial charge in [-0.1, -0.05) is 48.0 Å². The van der Waals surface area contributed by atoms with Gasteiger partial charge in [-0.05, 0) is 18.4 Å². The van der Waals surface area contributed by atoms with E-state index < -0.39 is 0 Å². The van der Waals surface area contributed by atoms with Crippen molar-refractivity contribution in [2.24, 2.45) is 5.92 Å². The van der Waals surface area contributed by atoms with Crippen LogP contribution in [-0.2, 0) is 0 Å². The molecular weight excluding hydrogens is 306 g/mol. The van der Waals surface area contributed by atoms with E-state index in [9.17, 15) is 4.79 Å². The number of carbonyl (C=O) groups is 1. The van der Waals surface area contributed by atoms with Crippen molar-refractivity contribution in [1.82, 2.24) is 5.32 Å². The standard InChI is InChI=1S/C15H18BrNO2/c1-10(2)7-11(16)8-17-15(18)13-9-19-14-6-4-3-5-12(13)14/h3-6,9-11H,7-8H2,1-2H3,(H,17,18). The fraction of sp³-hybridized carbons (Fsp3) is 0.400. The Morgan fingerprint density at radius 2 is 2.11 bits per heavy atom. The number of alkyl halides is 1.